The number of anilines is 1. The zero-order valence-corrected chi connectivity index (χ0v) is 24.4. The fourth-order valence-corrected chi connectivity index (χ4v) is 4.36. The van der Waals surface area contributed by atoms with Gasteiger partial charge in [0, 0.05) is 34.8 Å². The molecule has 0 spiro atoms. The summed E-state index contributed by atoms with van der Waals surface area (Å²) in [4.78, 5) is 21.7. The van der Waals surface area contributed by atoms with E-state index in [0.717, 1.165) is 11.1 Å². The van der Waals surface area contributed by atoms with Crippen LogP contribution < -0.4 is 5.32 Å². The summed E-state index contributed by atoms with van der Waals surface area (Å²) in [6.07, 6.45) is 3.27. The van der Waals surface area contributed by atoms with Gasteiger partial charge in [0.25, 0.3) is 5.91 Å². The molecule has 0 fully saturated rings. The van der Waals surface area contributed by atoms with Crippen molar-refractivity contribution in [3.63, 3.8) is 0 Å². The standard InChI is InChI=1S/C35H37N3O3/c1-34(2,3)29-11-7-9-24(31(29)39)21-36-26-15-13-23(14-16-26)33(41)38-28-19-17-27(18-20-28)37-22-25-10-8-12-30(32(25)40)35(4,5)6/h7-22,39-40H,1-6H3,(H,38,41). The predicted molar refractivity (Wildman–Crippen MR) is 169 cm³/mol. The summed E-state index contributed by atoms with van der Waals surface area (Å²) in [5, 5.41) is 24.2. The Morgan fingerprint density at radius 1 is 0.634 bits per heavy atom. The molecule has 4 rings (SSSR count). The van der Waals surface area contributed by atoms with Crippen LogP contribution in [-0.2, 0) is 10.8 Å². The van der Waals surface area contributed by atoms with E-state index in [9.17, 15) is 15.0 Å². The first kappa shape index (κ1) is 29.3. The topological polar surface area (TPSA) is 94.3 Å². The number of phenolic OH excluding ortho intramolecular Hbond substituents is 2. The maximum Gasteiger partial charge on any atom is 0.255 e. The van der Waals surface area contributed by atoms with Crippen molar-refractivity contribution in [1.82, 2.24) is 0 Å². The Morgan fingerprint density at radius 3 is 1.46 bits per heavy atom. The van der Waals surface area contributed by atoms with Gasteiger partial charge in [0.2, 0.25) is 0 Å². The number of aromatic hydroxyl groups is 2. The smallest absolute Gasteiger partial charge is 0.255 e. The van der Waals surface area contributed by atoms with Gasteiger partial charge in [-0.3, -0.25) is 14.8 Å². The van der Waals surface area contributed by atoms with Crippen LogP contribution in [0.25, 0.3) is 0 Å². The van der Waals surface area contributed by atoms with Gasteiger partial charge in [-0.1, -0.05) is 65.8 Å². The highest BCUT2D eigenvalue weighted by molar-refractivity contribution is 6.04. The summed E-state index contributed by atoms with van der Waals surface area (Å²) < 4.78 is 0. The molecule has 6 heteroatoms. The largest absolute Gasteiger partial charge is 0.507 e. The number of para-hydroxylation sites is 2. The molecule has 1 amide bonds. The summed E-state index contributed by atoms with van der Waals surface area (Å²) >= 11 is 0. The lowest BCUT2D eigenvalue weighted by Crippen LogP contribution is -2.11. The number of nitrogens with one attached hydrogen (secondary N) is 1. The van der Waals surface area contributed by atoms with Gasteiger partial charge < -0.3 is 15.5 Å². The van der Waals surface area contributed by atoms with Gasteiger partial charge >= 0.3 is 0 Å². The zero-order valence-electron chi connectivity index (χ0n) is 24.4. The van der Waals surface area contributed by atoms with E-state index in [1.807, 2.05) is 36.4 Å². The Balaban J connectivity index is 1.39. The Hall–Kier alpha value is -4.71. The number of hydrogen-bond donors (Lipinski definition) is 3. The number of carbonyl (C=O) groups is 1. The Bertz CT molecular complexity index is 1590. The maximum atomic E-state index is 12.8. The van der Waals surface area contributed by atoms with Gasteiger partial charge in [-0.15, -0.1) is 0 Å². The first-order chi connectivity index (χ1) is 19.3. The zero-order chi connectivity index (χ0) is 29.8. The molecule has 0 atom stereocenters. The Kier molecular flexibility index (Phi) is 8.43. The average Bonchev–Trinajstić information content (AvgIpc) is 2.91. The van der Waals surface area contributed by atoms with E-state index in [0.29, 0.717) is 33.8 Å². The molecule has 0 aliphatic carbocycles. The summed E-state index contributed by atoms with van der Waals surface area (Å²) in [6, 6.07) is 25.4. The van der Waals surface area contributed by atoms with Gasteiger partial charge in [-0.2, -0.15) is 0 Å². The first-order valence-corrected chi connectivity index (χ1v) is 13.6. The predicted octanol–water partition coefficient (Wildman–Crippen LogP) is 8.45. The molecule has 0 aromatic heterocycles. The average molecular weight is 548 g/mol. The van der Waals surface area contributed by atoms with Crippen molar-refractivity contribution in [3.8, 4) is 11.5 Å². The molecule has 0 bridgehead atoms. The van der Waals surface area contributed by atoms with Crippen molar-refractivity contribution in [2.45, 2.75) is 52.4 Å². The van der Waals surface area contributed by atoms with Gasteiger partial charge in [0.15, 0.2) is 0 Å². The van der Waals surface area contributed by atoms with E-state index in [4.69, 9.17) is 0 Å². The highest BCUT2D eigenvalue weighted by atomic mass is 16.3. The van der Waals surface area contributed by atoms with Gasteiger partial charge in [0.1, 0.15) is 11.5 Å². The van der Waals surface area contributed by atoms with Gasteiger partial charge in [-0.05, 0) is 82.6 Å². The molecule has 41 heavy (non-hydrogen) atoms. The molecule has 0 unspecified atom stereocenters. The lowest BCUT2D eigenvalue weighted by Gasteiger charge is -2.21. The van der Waals surface area contributed by atoms with Gasteiger partial charge in [0.05, 0.1) is 11.4 Å². The quantitative estimate of drug-likeness (QED) is 0.211. The molecule has 4 aromatic carbocycles. The van der Waals surface area contributed by atoms with E-state index < -0.39 is 0 Å². The monoisotopic (exact) mass is 547 g/mol. The third-order valence-corrected chi connectivity index (χ3v) is 6.71. The van der Waals surface area contributed by atoms with Crippen LogP contribution in [-0.4, -0.2) is 28.5 Å². The lowest BCUT2D eigenvalue weighted by atomic mass is 9.85. The maximum absolute atomic E-state index is 12.8. The van der Waals surface area contributed by atoms with E-state index in [-0.39, 0.29) is 28.2 Å². The Labute approximate surface area is 242 Å². The Morgan fingerprint density at radius 2 is 1.05 bits per heavy atom. The molecular weight excluding hydrogens is 510 g/mol. The molecule has 0 aliphatic rings. The molecular formula is C35H37N3O3. The number of rotatable bonds is 6. The number of benzene rings is 4. The molecule has 210 valence electrons. The van der Waals surface area contributed by atoms with E-state index in [2.05, 4.69) is 56.8 Å². The van der Waals surface area contributed by atoms with Crippen LogP contribution in [0.1, 0.15) is 74.2 Å². The SMILES string of the molecule is CC(C)(C)c1cccc(C=Nc2ccc(NC(=O)c3ccc(N=Cc4cccc(C(C)(C)C)c4O)cc3)cc2)c1O. The molecule has 4 aromatic rings. The van der Waals surface area contributed by atoms with Crippen LogP contribution in [0.4, 0.5) is 17.1 Å². The van der Waals surface area contributed by atoms with Crippen LogP contribution in [0.5, 0.6) is 11.5 Å². The highest BCUT2D eigenvalue weighted by Gasteiger charge is 2.20. The van der Waals surface area contributed by atoms with Crippen LogP contribution in [0.3, 0.4) is 0 Å². The minimum absolute atomic E-state index is 0.177. The second-order valence-electron chi connectivity index (χ2n) is 12.1. The van der Waals surface area contributed by atoms with E-state index in [1.54, 1.807) is 61.0 Å². The van der Waals surface area contributed by atoms with Crippen molar-refractivity contribution in [2.24, 2.45) is 9.98 Å². The number of carbonyl (C=O) groups excluding carboxylic acids is 1. The molecule has 0 saturated carbocycles. The number of aliphatic imine (C=N–C) groups is 2. The normalized spacial score (nSPS) is 12.2. The van der Waals surface area contributed by atoms with Crippen LogP contribution >= 0.6 is 0 Å². The van der Waals surface area contributed by atoms with E-state index >= 15 is 0 Å². The molecule has 3 N–H and O–H groups in total. The van der Waals surface area contributed by atoms with Crippen molar-refractivity contribution >= 4 is 35.4 Å². The van der Waals surface area contributed by atoms with Crippen LogP contribution in [0.15, 0.2) is 94.9 Å². The van der Waals surface area contributed by atoms with E-state index in [1.165, 1.54) is 0 Å². The summed E-state index contributed by atoms with van der Waals surface area (Å²) in [5.41, 5.74) is 5.17. The summed E-state index contributed by atoms with van der Waals surface area (Å²) in [7, 11) is 0. The molecule has 0 heterocycles. The first-order valence-electron chi connectivity index (χ1n) is 13.6. The van der Waals surface area contributed by atoms with Crippen LogP contribution in [0, 0.1) is 0 Å². The fourth-order valence-electron chi connectivity index (χ4n) is 4.36. The molecule has 0 aliphatic heterocycles. The van der Waals surface area contributed by atoms with Gasteiger partial charge in [-0.25, -0.2) is 0 Å². The molecule has 0 radical (unpaired) electrons. The highest BCUT2D eigenvalue weighted by Crippen LogP contribution is 2.33. The van der Waals surface area contributed by atoms with Crippen molar-refractivity contribution in [1.29, 1.82) is 0 Å². The minimum Gasteiger partial charge on any atom is -0.507 e. The summed E-state index contributed by atoms with van der Waals surface area (Å²) in [5.74, 6) is 0.220. The number of hydrogen-bond acceptors (Lipinski definition) is 5. The molecule has 6 nitrogen and oxygen atoms in total. The number of nitrogens with zero attached hydrogens (tertiary/aromatic N) is 2. The minimum atomic E-state index is -0.240. The van der Waals surface area contributed by atoms with Crippen molar-refractivity contribution < 1.29 is 15.0 Å². The second kappa shape index (κ2) is 11.8. The van der Waals surface area contributed by atoms with Crippen LogP contribution in [0.2, 0.25) is 0 Å². The lowest BCUT2D eigenvalue weighted by molar-refractivity contribution is 0.102. The van der Waals surface area contributed by atoms with Crippen molar-refractivity contribution in [2.75, 3.05) is 5.32 Å². The number of amides is 1. The molecule has 0 saturated heterocycles. The second-order valence-corrected chi connectivity index (χ2v) is 12.1. The third kappa shape index (κ3) is 7.28. The summed E-state index contributed by atoms with van der Waals surface area (Å²) in [6.45, 7) is 12.3. The third-order valence-electron chi connectivity index (χ3n) is 6.71. The van der Waals surface area contributed by atoms with Crippen molar-refractivity contribution in [3.05, 3.63) is 113 Å². The fraction of sp³-hybridized carbons (Fsp3) is 0.229. The number of phenols is 2.